The third kappa shape index (κ3) is 3.20. The lowest BCUT2D eigenvalue weighted by Gasteiger charge is -2.27. The lowest BCUT2D eigenvalue weighted by Crippen LogP contribution is -2.42. The van der Waals surface area contributed by atoms with Crippen LogP contribution >= 0.6 is 0 Å². The summed E-state index contributed by atoms with van der Waals surface area (Å²) in [7, 11) is 0. The van der Waals surface area contributed by atoms with Gasteiger partial charge in [0, 0.05) is 18.7 Å². The van der Waals surface area contributed by atoms with E-state index in [1.165, 1.54) is 0 Å². The lowest BCUT2D eigenvalue weighted by atomic mass is 9.99. The van der Waals surface area contributed by atoms with Crippen LogP contribution in [0.5, 0.6) is 5.88 Å². The molecule has 1 fully saturated rings. The van der Waals surface area contributed by atoms with Gasteiger partial charge in [-0.1, -0.05) is 32.9 Å². The predicted molar refractivity (Wildman–Crippen MR) is 107 cm³/mol. The maximum atomic E-state index is 12.9. The number of rotatable bonds is 4. The van der Waals surface area contributed by atoms with E-state index in [0.29, 0.717) is 38.0 Å². The van der Waals surface area contributed by atoms with E-state index in [0.717, 1.165) is 35.1 Å². The normalized spacial score (nSPS) is 15.9. The topological polar surface area (TPSA) is 69.0 Å². The summed E-state index contributed by atoms with van der Waals surface area (Å²) in [5, 5.41) is 0. The average Bonchev–Trinajstić information content (AvgIpc) is 3.11. The van der Waals surface area contributed by atoms with Crippen LogP contribution in [0.1, 0.15) is 44.4 Å². The lowest BCUT2D eigenvalue weighted by molar-refractivity contribution is 0.0410. The summed E-state index contributed by atoms with van der Waals surface area (Å²) >= 11 is 0. The molecular formula is C21H26N4O3. The molecule has 0 radical (unpaired) electrons. The fraction of sp³-hybridized carbons (Fsp3) is 0.476. The van der Waals surface area contributed by atoms with Gasteiger partial charge in [0.05, 0.1) is 29.9 Å². The summed E-state index contributed by atoms with van der Waals surface area (Å²) in [4.78, 5) is 24.1. The zero-order valence-electron chi connectivity index (χ0n) is 16.6. The molecule has 2 aromatic heterocycles. The summed E-state index contributed by atoms with van der Waals surface area (Å²) in [5.74, 6) is 1.35. The summed E-state index contributed by atoms with van der Waals surface area (Å²) < 4.78 is 13.2. The third-order valence-corrected chi connectivity index (χ3v) is 5.42. The van der Waals surface area contributed by atoms with Crippen LogP contribution in [0.25, 0.3) is 16.8 Å². The molecule has 3 aromatic rings. The maximum absolute atomic E-state index is 12.9. The fourth-order valence-electron chi connectivity index (χ4n) is 3.64. The predicted octanol–water partition coefficient (Wildman–Crippen LogP) is 3.79. The number of morpholine rings is 1. The number of carbonyl (C=O) groups excluding carboxylic acids is 1. The Kier molecular flexibility index (Phi) is 5.17. The van der Waals surface area contributed by atoms with E-state index in [2.05, 4.69) is 25.8 Å². The molecule has 0 bridgehead atoms. The SMILES string of the molecule is CCc1c(C(C)CC)nc2nc3ccccc3n2c1OC(=O)N1CCOCC1. The molecule has 1 saturated heterocycles. The standard InChI is InChI=1S/C21H26N4O3/c1-4-14(3)18-15(5-2)19(28-21(26)24-10-12-27-13-11-24)25-17-9-7-6-8-16(17)22-20(25)23-18/h6-9,14H,4-5,10-13H2,1-3H3. The van der Waals surface area contributed by atoms with Crippen LogP contribution in [0.2, 0.25) is 0 Å². The first kappa shape index (κ1) is 18.7. The number of fused-ring (bicyclic) bond motifs is 3. The second-order valence-electron chi connectivity index (χ2n) is 7.15. The Morgan fingerprint density at radius 1 is 1.21 bits per heavy atom. The number of para-hydroxylation sites is 2. The van der Waals surface area contributed by atoms with Crippen molar-refractivity contribution in [2.24, 2.45) is 0 Å². The van der Waals surface area contributed by atoms with Crippen LogP contribution in [0.15, 0.2) is 24.3 Å². The summed E-state index contributed by atoms with van der Waals surface area (Å²) in [6.45, 7) is 8.50. The van der Waals surface area contributed by atoms with Crippen molar-refractivity contribution in [3.05, 3.63) is 35.5 Å². The number of aromatic nitrogens is 3. The number of ether oxygens (including phenoxy) is 2. The highest BCUT2D eigenvalue weighted by Gasteiger charge is 2.26. The van der Waals surface area contributed by atoms with Crippen molar-refractivity contribution < 1.29 is 14.3 Å². The quantitative estimate of drug-likeness (QED) is 0.687. The molecular weight excluding hydrogens is 356 g/mol. The molecule has 1 aliphatic heterocycles. The van der Waals surface area contributed by atoms with Crippen LogP contribution in [0.3, 0.4) is 0 Å². The van der Waals surface area contributed by atoms with E-state index in [1.807, 2.05) is 28.7 Å². The summed E-state index contributed by atoms with van der Waals surface area (Å²) in [5.41, 5.74) is 3.64. The first-order chi connectivity index (χ1) is 13.6. The van der Waals surface area contributed by atoms with E-state index < -0.39 is 0 Å². The molecule has 3 heterocycles. The highest BCUT2D eigenvalue weighted by atomic mass is 16.6. The van der Waals surface area contributed by atoms with Gasteiger partial charge in [-0.15, -0.1) is 0 Å². The van der Waals surface area contributed by atoms with Gasteiger partial charge in [-0.05, 0) is 30.9 Å². The molecule has 0 spiro atoms. The van der Waals surface area contributed by atoms with Crippen molar-refractivity contribution in [3.8, 4) is 5.88 Å². The van der Waals surface area contributed by atoms with Crippen molar-refractivity contribution >= 4 is 22.9 Å². The van der Waals surface area contributed by atoms with Crippen LogP contribution < -0.4 is 4.74 Å². The second kappa shape index (κ2) is 7.75. The Labute approximate surface area is 164 Å². The van der Waals surface area contributed by atoms with Gasteiger partial charge in [-0.2, -0.15) is 0 Å². The molecule has 4 rings (SSSR count). The van der Waals surface area contributed by atoms with Crippen molar-refractivity contribution in [1.29, 1.82) is 0 Å². The van der Waals surface area contributed by atoms with Gasteiger partial charge < -0.3 is 14.4 Å². The smallest absolute Gasteiger partial charge is 0.392 e. The molecule has 1 amide bonds. The number of imidazole rings is 1. The van der Waals surface area contributed by atoms with Crippen LogP contribution in [0, 0.1) is 0 Å². The van der Waals surface area contributed by atoms with Gasteiger partial charge in [-0.3, -0.25) is 0 Å². The third-order valence-electron chi connectivity index (χ3n) is 5.42. The molecule has 7 nitrogen and oxygen atoms in total. The van der Waals surface area contributed by atoms with E-state index >= 15 is 0 Å². The van der Waals surface area contributed by atoms with Crippen molar-refractivity contribution in [3.63, 3.8) is 0 Å². The highest BCUT2D eigenvalue weighted by molar-refractivity contribution is 5.81. The van der Waals surface area contributed by atoms with Gasteiger partial charge >= 0.3 is 6.09 Å². The van der Waals surface area contributed by atoms with Gasteiger partial charge in [0.2, 0.25) is 11.7 Å². The highest BCUT2D eigenvalue weighted by Crippen LogP contribution is 2.32. The van der Waals surface area contributed by atoms with Crippen molar-refractivity contribution in [2.45, 2.75) is 39.5 Å². The Balaban J connectivity index is 1.90. The second-order valence-corrected chi connectivity index (χ2v) is 7.15. The molecule has 0 saturated carbocycles. The number of benzene rings is 1. The molecule has 1 atom stereocenters. The fourth-order valence-corrected chi connectivity index (χ4v) is 3.64. The van der Waals surface area contributed by atoms with Gasteiger partial charge in [0.1, 0.15) is 0 Å². The molecule has 1 aromatic carbocycles. The summed E-state index contributed by atoms with van der Waals surface area (Å²) in [6.07, 6.45) is 1.33. The largest absolute Gasteiger partial charge is 0.416 e. The van der Waals surface area contributed by atoms with Gasteiger partial charge in [0.25, 0.3) is 0 Å². The zero-order chi connectivity index (χ0) is 19.7. The first-order valence-corrected chi connectivity index (χ1v) is 9.98. The number of hydrogen-bond donors (Lipinski definition) is 0. The maximum Gasteiger partial charge on any atom is 0.416 e. The monoisotopic (exact) mass is 382 g/mol. The molecule has 28 heavy (non-hydrogen) atoms. The van der Waals surface area contributed by atoms with E-state index in [-0.39, 0.29) is 12.0 Å². The minimum absolute atomic E-state index is 0.251. The minimum Gasteiger partial charge on any atom is -0.392 e. The molecule has 7 heteroatoms. The zero-order valence-corrected chi connectivity index (χ0v) is 16.6. The molecule has 0 aliphatic carbocycles. The van der Waals surface area contributed by atoms with Gasteiger partial charge in [0.15, 0.2) is 0 Å². The Hall–Kier alpha value is -2.67. The van der Waals surface area contributed by atoms with Crippen molar-refractivity contribution in [2.75, 3.05) is 26.3 Å². The summed E-state index contributed by atoms with van der Waals surface area (Å²) in [6, 6.07) is 7.83. The van der Waals surface area contributed by atoms with Crippen LogP contribution in [-0.4, -0.2) is 51.7 Å². The number of carbonyl (C=O) groups is 1. The Morgan fingerprint density at radius 3 is 2.68 bits per heavy atom. The Bertz CT molecular complexity index is 1010. The average molecular weight is 382 g/mol. The Morgan fingerprint density at radius 2 is 1.96 bits per heavy atom. The van der Waals surface area contributed by atoms with Crippen molar-refractivity contribution in [1.82, 2.24) is 19.3 Å². The number of hydrogen-bond acceptors (Lipinski definition) is 5. The minimum atomic E-state index is -0.349. The molecule has 0 N–H and O–H groups in total. The molecule has 1 unspecified atom stereocenters. The molecule has 148 valence electrons. The molecule has 1 aliphatic rings. The van der Waals surface area contributed by atoms with E-state index in [9.17, 15) is 4.79 Å². The van der Waals surface area contributed by atoms with Crippen LogP contribution in [-0.2, 0) is 11.2 Å². The number of nitrogens with zero attached hydrogens (tertiary/aromatic N) is 4. The number of amides is 1. The van der Waals surface area contributed by atoms with E-state index in [4.69, 9.17) is 14.5 Å². The van der Waals surface area contributed by atoms with E-state index in [1.54, 1.807) is 4.90 Å². The van der Waals surface area contributed by atoms with Crippen LogP contribution in [0.4, 0.5) is 4.79 Å². The first-order valence-electron chi connectivity index (χ1n) is 9.98. The van der Waals surface area contributed by atoms with Gasteiger partial charge in [-0.25, -0.2) is 19.2 Å².